The Kier molecular flexibility index (Phi) is 4.64. The molecule has 0 aliphatic rings. The van der Waals surface area contributed by atoms with E-state index in [0.717, 1.165) is 10.4 Å². The van der Waals surface area contributed by atoms with Crippen molar-refractivity contribution >= 4 is 22.9 Å². The Morgan fingerprint density at radius 2 is 2.12 bits per heavy atom. The van der Waals surface area contributed by atoms with Crippen molar-refractivity contribution in [2.75, 3.05) is 7.05 Å². The fourth-order valence-corrected chi connectivity index (χ4v) is 2.87. The average molecular weight is 272 g/mol. The van der Waals surface area contributed by atoms with E-state index in [9.17, 15) is 13.2 Å². The van der Waals surface area contributed by atoms with Gasteiger partial charge in [0.15, 0.2) is 0 Å². The molecule has 0 aliphatic carbocycles. The molecule has 92 valence electrons. The van der Waals surface area contributed by atoms with Crippen LogP contribution in [0, 0.1) is 6.92 Å². The van der Waals surface area contributed by atoms with Crippen LogP contribution in [-0.4, -0.2) is 13.2 Å². The number of thiophene rings is 1. The maximum absolute atomic E-state index is 12.1. The third-order valence-corrected chi connectivity index (χ3v) is 4.13. The quantitative estimate of drug-likeness (QED) is 0.860. The second-order valence-corrected chi connectivity index (χ2v) is 4.88. The van der Waals surface area contributed by atoms with Gasteiger partial charge in [-0.1, -0.05) is 11.6 Å². The lowest BCUT2D eigenvalue weighted by atomic mass is 10.1. The van der Waals surface area contributed by atoms with Crippen LogP contribution in [0.25, 0.3) is 0 Å². The van der Waals surface area contributed by atoms with Gasteiger partial charge in [-0.05, 0) is 31.3 Å². The van der Waals surface area contributed by atoms with Crippen molar-refractivity contribution in [3.63, 3.8) is 0 Å². The van der Waals surface area contributed by atoms with E-state index in [2.05, 4.69) is 5.32 Å². The largest absolute Gasteiger partial charge is 0.389 e. The summed E-state index contributed by atoms with van der Waals surface area (Å²) in [5.41, 5.74) is 0.911. The predicted molar refractivity (Wildman–Crippen MR) is 61.2 cm³/mol. The Morgan fingerprint density at radius 1 is 1.50 bits per heavy atom. The summed E-state index contributed by atoms with van der Waals surface area (Å²) in [6.45, 7) is 1.85. The highest BCUT2D eigenvalue weighted by molar-refractivity contribution is 7.10. The minimum Gasteiger partial charge on any atom is -0.312 e. The van der Waals surface area contributed by atoms with Crippen LogP contribution in [-0.2, 0) is 0 Å². The summed E-state index contributed by atoms with van der Waals surface area (Å²) in [6.07, 6.45) is -4.90. The number of rotatable bonds is 4. The third kappa shape index (κ3) is 3.64. The molecule has 1 unspecified atom stereocenters. The van der Waals surface area contributed by atoms with E-state index in [-0.39, 0.29) is 12.5 Å². The second-order valence-electron chi connectivity index (χ2n) is 3.59. The van der Waals surface area contributed by atoms with Crippen molar-refractivity contribution in [1.82, 2.24) is 5.32 Å². The lowest BCUT2D eigenvalue weighted by Crippen LogP contribution is -2.19. The van der Waals surface area contributed by atoms with Crippen LogP contribution in [0.4, 0.5) is 13.2 Å². The zero-order valence-corrected chi connectivity index (χ0v) is 10.6. The Balaban J connectivity index is 2.72. The van der Waals surface area contributed by atoms with Gasteiger partial charge in [0.1, 0.15) is 0 Å². The van der Waals surface area contributed by atoms with Gasteiger partial charge in [-0.3, -0.25) is 0 Å². The average Bonchev–Trinajstić information content (AvgIpc) is 2.49. The van der Waals surface area contributed by atoms with Gasteiger partial charge in [0, 0.05) is 17.3 Å². The summed E-state index contributed by atoms with van der Waals surface area (Å²) >= 11 is 7.42. The van der Waals surface area contributed by atoms with Crippen molar-refractivity contribution in [3.8, 4) is 0 Å². The van der Waals surface area contributed by atoms with Crippen LogP contribution in [0.3, 0.4) is 0 Å². The molecule has 1 rings (SSSR count). The van der Waals surface area contributed by atoms with Crippen LogP contribution in [0.1, 0.15) is 29.3 Å². The van der Waals surface area contributed by atoms with Crippen LogP contribution in [0.2, 0.25) is 5.02 Å². The molecule has 1 heterocycles. The molecule has 1 atom stereocenters. The molecule has 0 spiro atoms. The fraction of sp³-hybridized carbons (Fsp3) is 0.600. The summed E-state index contributed by atoms with van der Waals surface area (Å²) in [5, 5.41) is 5.30. The summed E-state index contributed by atoms with van der Waals surface area (Å²) in [4.78, 5) is 0.783. The highest BCUT2D eigenvalue weighted by Gasteiger charge is 2.29. The molecule has 0 aliphatic heterocycles. The van der Waals surface area contributed by atoms with Crippen LogP contribution >= 0.6 is 22.9 Å². The van der Waals surface area contributed by atoms with Gasteiger partial charge in [-0.2, -0.15) is 13.2 Å². The lowest BCUT2D eigenvalue weighted by Gasteiger charge is -2.16. The van der Waals surface area contributed by atoms with E-state index in [0.29, 0.717) is 5.02 Å². The van der Waals surface area contributed by atoms with Gasteiger partial charge in [0.25, 0.3) is 0 Å². The molecule has 16 heavy (non-hydrogen) atoms. The predicted octanol–water partition coefficient (Wildman–Crippen LogP) is 4.31. The van der Waals surface area contributed by atoms with E-state index in [1.54, 1.807) is 7.05 Å². The van der Waals surface area contributed by atoms with E-state index in [1.165, 1.54) is 11.3 Å². The lowest BCUT2D eigenvalue weighted by molar-refractivity contribution is -0.136. The Hall–Kier alpha value is -0.260. The first-order valence-corrected chi connectivity index (χ1v) is 6.08. The highest BCUT2D eigenvalue weighted by atomic mass is 35.5. The topological polar surface area (TPSA) is 12.0 Å². The van der Waals surface area contributed by atoms with Crippen molar-refractivity contribution < 1.29 is 13.2 Å². The summed E-state index contributed by atoms with van der Waals surface area (Å²) in [5.74, 6) is 0. The molecule has 0 fully saturated rings. The first-order chi connectivity index (χ1) is 7.35. The summed E-state index contributed by atoms with van der Waals surface area (Å²) < 4.78 is 36.3. The zero-order valence-electron chi connectivity index (χ0n) is 8.99. The highest BCUT2D eigenvalue weighted by Crippen LogP contribution is 2.36. The molecule has 6 heteroatoms. The number of halogens is 4. The fourth-order valence-electron chi connectivity index (χ4n) is 1.40. The molecule has 1 N–H and O–H groups in total. The molecular weight excluding hydrogens is 259 g/mol. The van der Waals surface area contributed by atoms with Crippen LogP contribution < -0.4 is 5.32 Å². The molecular formula is C10H13ClF3NS. The summed E-state index contributed by atoms with van der Waals surface area (Å²) in [7, 11) is 1.65. The maximum Gasteiger partial charge on any atom is 0.389 e. The molecule has 1 nitrogen and oxygen atoms in total. The molecule has 0 amide bonds. The van der Waals surface area contributed by atoms with Crippen molar-refractivity contribution in [2.45, 2.75) is 32.0 Å². The van der Waals surface area contributed by atoms with Crippen molar-refractivity contribution in [3.05, 3.63) is 20.8 Å². The smallest absolute Gasteiger partial charge is 0.312 e. The number of hydrogen-bond donors (Lipinski definition) is 1. The first kappa shape index (κ1) is 13.8. The molecule has 0 aromatic carbocycles. The monoisotopic (exact) mass is 271 g/mol. The van der Waals surface area contributed by atoms with Crippen LogP contribution in [0.15, 0.2) is 5.38 Å². The van der Waals surface area contributed by atoms with E-state index < -0.39 is 12.6 Å². The van der Waals surface area contributed by atoms with Crippen LogP contribution in [0.5, 0.6) is 0 Å². The van der Waals surface area contributed by atoms with Crippen molar-refractivity contribution in [1.29, 1.82) is 0 Å². The molecule has 0 saturated heterocycles. The van der Waals surface area contributed by atoms with E-state index in [4.69, 9.17) is 11.6 Å². The Morgan fingerprint density at radius 3 is 2.50 bits per heavy atom. The molecule has 0 saturated carbocycles. The number of hydrogen-bond acceptors (Lipinski definition) is 2. The van der Waals surface area contributed by atoms with Gasteiger partial charge in [-0.15, -0.1) is 11.3 Å². The standard InChI is InChI=1S/C10H13ClF3NS/c1-6-5-16-9(8(6)11)7(15-2)3-4-10(12,13)14/h5,7,15H,3-4H2,1-2H3. The minimum atomic E-state index is -4.12. The number of aryl methyl sites for hydroxylation is 1. The summed E-state index contributed by atoms with van der Waals surface area (Å²) in [6, 6.07) is -0.326. The number of nitrogens with one attached hydrogen (secondary N) is 1. The first-order valence-electron chi connectivity index (χ1n) is 4.82. The van der Waals surface area contributed by atoms with Crippen molar-refractivity contribution in [2.24, 2.45) is 0 Å². The van der Waals surface area contributed by atoms with Gasteiger partial charge < -0.3 is 5.32 Å². The molecule has 1 aromatic heterocycles. The minimum absolute atomic E-state index is 0.0136. The molecule has 0 radical (unpaired) electrons. The second kappa shape index (κ2) is 5.38. The van der Waals surface area contributed by atoms with Gasteiger partial charge in [0.05, 0.1) is 5.02 Å². The van der Waals surface area contributed by atoms with Gasteiger partial charge in [0.2, 0.25) is 0 Å². The Labute approximate surface area is 102 Å². The SMILES string of the molecule is CNC(CCC(F)(F)F)c1scc(C)c1Cl. The maximum atomic E-state index is 12.1. The van der Waals surface area contributed by atoms with E-state index in [1.807, 2.05) is 12.3 Å². The molecule has 1 aromatic rings. The van der Waals surface area contributed by atoms with E-state index >= 15 is 0 Å². The number of alkyl halides is 3. The molecule has 0 bridgehead atoms. The third-order valence-electron chi connectivity index (χ3n) is 2.31. The Bertz CT molecular complexity index is 348. The van der Waals surface area contributed by atoms with Gasteiger partial charge in [-0.25, -0.2) is 0 Å². The normalized spacial score (nSPS) is 14.1. The van der Waals surface area contributed by atoms with Gasteiger partial charge >= 0.3 is 6.18 Å². The zero-order chi connectivity index (χ0) is 12.3.